The predicted octanol–water partition coefficient (Wildman–Crippen LogP) is 3.69. The van der Waals surface area contributed by atoms with Crippen LogP contribution in [0.1, 0.15) is 43.3 Å². The number of nitrogens with one attached hydrogen (secondary N) is 1. The topological polar surface area (TPSA) is 46.2 Å². The smallest absolute Gasteiger partial charge is 0.265 e. The van der Waals surface area contributed by atoms with E-state index in [4.69, 9.17) is 0 Å². The van der Waals surface area contributed by atoms with E-state index in [0.29, 0.717) is 11.3 Å². The molecule has 1 heterocycles. The Morgan fingerprint density at radius 2 is 2.05 bits per heavy atom. The Kier molecular flexibility index (Phi) is 3.65. The molecule has 1 aromatic heterocycles. The third-order valence-corrected chi connectivity index (χ3v) is 4.74. The van der Waals surface area contributed by atoms with E-state index < -0.39 is 0 Å². The van der Waals surface area contributed by atoms with Crippen LogP contribution >= 0.6 is 11.3 Å². The van der Waals surface area contributed by atoms with Gasteiger partial charge >= 0.3 is 0 Å². The summed E-state index contributed by atoms with van der Waals surface area (Å²) in [6.45, 7) is 0. The predicted molar refractivity (Wildman–Crippen MR) is 80.7 cm³/mol. The van der Waals surface area contributed by atoms with Crippen molar-refractivity contribution >= 4 is 29.2 Å². The molecule has 1 aliphatic rings. The van der Waals surface area contributed by atoms with Crippen molar-refractivity contribution in [1.82, 2.24) is 0 Å². The lowest BCUT2D eigenvalue weighted by Crippen LogP contribution is -2.10. The molecular weight excluding hydrogens is 270 g/mol. The van der Waals surface area contributed by atoms with Crippen LogP contribution in [0.5, 0.6) is 0 Å². The molecule has 3 nitrogen and oxygen atoms in total. The maximum absolute atomic E-state index is 12.2. The molecule has 4 heteroatoms. The molecule has 0 fully saturated rings. The third kappa shape index (κ3) is 2.65. The average Bonchev–Trinajstić information content (AvgIpc) is 2.91. The summed E-state index contributed by atoms with van der Waals surface area (Å²) in [4.78, 5) is 25.1. The Bertz CT molecular complexity index is 637. The van der Waals surface area contributed by atoms with Crippen molar-refractivity contribution in [2.45, 2.75) is 25.7 Å². The zero-order chi connectivity index (χ0) is 13.9. The van der Waals surface area contributed by atoms with Gasteiger partial charge in [-0.1, -0.05) is 12.1 Å². The summed E-state index contributed by atoms with van der Waals surface area (Å²) < 4.78 is 0. The Morgan fingerprint density at radius 3 is 2.85 bits per heavy atom. The number of thiophene rings is 1. The van der Waals surface area contributed by atoms with Gasteiger partial charge in [0.1, 0.15) is 6.29 Å². The molecule has 0 unspecified atom stereocenters. The molecule has 0 saturated carbocycles. The first-order valence-corrected chi connectivity index (χ1v) is 7.56. The van der Waals surface area contributed by atoms with Gasteiger partial charge in [0.25, 0.3) is 5.91 Å². The van der Waals surface area contributed by atoms with E-state index in [2.05, 4.69) is 5.32 Å². The number of aryl methyl sites for hydroxylation is 2. The maximum atomic E-state index is 12.2. The lowest BCUT2D eigenvalue weighted by molar-refractivity contribution is 0.102. The largest absolute Gasteiger partial charge is 0.321 e. The first kappa shape index (κ1) is 13.1. The molecule has 0 spiro atoms. The van der Waals surface area contributed by atoms with Gasteiger partial charge in [-0.25, -0.2) is 0 Å². The molecule has 0 atom stereocenters. The summed E-state index contributed by atoms with van der Waals surface area (Å²) in [6.07, 6.45) is 5.38. The fourth-order valence-corrected chi connectivity index (χ4v) is 3.63. The lowest BCUT2D eigenvalue weighted by Gasteiger charge is -2.08. The number of anilines is 1. The fourth-order valence-electron chi connectivity index (χ4n) is 2.48. The SMILES string of the molecule is O=Cc1cccc(NC(=O)c2cc3c(s2)CCCC3)c1. The number of rotatable bonds is 3. The highest BCUT2D eigenvalue weighted by molar-refractivity contribution is 7.14. The van der Waals surface area contributed by atoms with E-state index in [1.54, 1.807) is 35.6 Å². The normalized spacial score (nSPS) is 13.6. The van der Waals surface area contributed by atoms with E-state index in [-0.39, 0.29) is 5.91 Å². The highest BCUT2D eigenvalue weighted by Crippen LogP contribution is 2.30. The van der Waals surface area contributed by atoms with Crippen LogP contribution in [0, 0.1) is 0 Å². The molecular formula is C16H15NO2S. The summed E-state index contributed by atoms with van der Waals surface area (Å²) in [5.41, 5.74) is 2.55. The highest BCUT2D eigenvalue weighted by Gasteiger charge is 2.17. The average molecular weight is 285 g/mol. The quantitative estimate of drug-likeness (QED) is 0.874. The lowest BCUT2D eigenvalue weighted by atomic mass is 9.99. The van der Waals surface area contributed by atoms with Gasteiger partial charge in [0.05, 0.1) is 4.88 Å². The van der Waals surface area contributed by atoms with E-state index in [0.717, 1.165) is 24.0 Å². The molecule has 3 rings (SSSR count). The number of hydrogen-bond acceptors (Lipinski definition) is 3. The van der Waals surface area contributed by atoms with Gasteiger partial charge in [0.15, 0.2) is 0 Å². The maximum Gasteiger partial charge on any atom is 0.265 e. The molecule has 20 heavy (non-hydrogen) atoms. The number of amides is 1. The molecule has 0 bridgehead atoms. The van der Waals surface area contributed by atoms with Crippen LogP contribution < -0.4 is 5.32 Å². The Morgan fingerprint density at radius 1 is 1.20 bits per heavy atom. The first-order valence-electron chi connectivity index (χ1n) is 6.74. The van der Waals surface area contributed by atoms with Crippen molar-refractivity contribution in [3.63, 3.8) is 0 Å². The van der Waals surface area contributed by atoms with Gasteiger partial charge < -0.3 is 5.32 Å². The molecule has 1 N–H and O–H groups in total. The Balaban J connectivity index is 1.78. The first-order chi connectivity index (χ1) is 9.76. The minimum absolute atomic E-state index is 0.0903. The third-order valence-electron chi connectivity index (χ3n) is 3.50. The number of fused-ring (bicyclic) bond motifs is 1. The molecule has 0 radical (unpaired) electrons. The molecule has 1 aromatic carbocycles. The van der Waals surface area contributed by atoms with Crippen LogP contribution in [-0.2, 0) is 12.8 Å². The zero-order valence-electron chi connectivity index (χ0n) is 11.0. The van der Waals surface area contributed by atoms with E-state index in [1.807, 2.05) is 6.07 Å². The van der Waals surface area contributed by atoms with Gasteiger partial charge in [0.2, 0.25) is 0 Å². The summed E-state index contributed by atoms with van der Waals surface area (Å²) in [5, 5.41) is 2.85. The molecule has 1 amide bonds. The van der Waals surface area contributed by atoms with Crippen LogP contribution in [0.25, 0.3) is 0 Å². The molecule has 0 aliphatic heterocycles. The highest BCUT2D eigenvalue weighted by atomic mass is 32.1. The number of aldehydes is 1. The fraction of sp³-hybridized carbons (Fsp3) is 0.250. The van der Waals surface area contributed by atoms with Crippen molar-refractivity contribution in [2.75, 3.05) is 5.32 Å². The Hall–Kier alpha value is -1.94. The molecule has 0 saturated heterocycles. The van der Waals surface area contributed by atoms with Gasteiger partial charge in [-0.3, -0.25) is 9.59 Å². The van der Waals surface area contributed by atoms with Crippen LogP contribution in [-0.4, -0.2) is 12.2 Å². The number of carbonyl (C=O) groups is 2. The van der Waals surface area contributed by atoms with E-state index in [1.165, 1.54) is 23.3 Å². The van der Waals surface area contributed by atoms with Crippen LogP contribution in [0.15, 0.2) is 30.3 Å². The standard InChI is InChI=1S/C16H15NO2S/c18-10-11-4-3-6-13(8-11)17-16(19)15-9-12-5-1-2-7-14(12)20-15/h3-4,6,8-10H,1-2,5,7H2,(H,17,19). The second-order valence-corrected chi connectivity index (χ2v) is 6.10. The number of hydrogen-bond donors (Lipinski definition) is 1. The molecule has 2 aromatic rings. The molecule has 1 aliphatic carbocycles. The van der Waals surface area contributed by atoms with Crippen LogP contribution in [0.4, 0.5) is 5.69 Å². The van der Waals surface area contributed by atoms with E-state index in [9.17, 15) is 9.59 Å². The van der Waals surface area contributed by atoms with Gasteiger partial charge in [-0.05, 0) is 49.4 Å². The summed E-state index contributed by atoms with van der Waals surface area (Å²) in [5.74, 6) is -0.0903. The second kappa shape index (κ2) is 5.59. The summed E-state index contributed by atoms with van der Waals surface area (Å²) in [6, 6.07) is 8.96. The minimum atomic E-state index is -0.0903. The van der Waals surface area contributed by atoms with E-state index >= 15 is 0 Å². The summed E-state index contributed by atoms with van der Waals surface area (Å²) >= 11 is 1.59. The van der Waals surface area contributed by atoms with Crippen molar-refractivity contribution in [1.29, 1.82) is 0 Å². The van der Waals surface area contributed by atoms with Crippen molar-refractivity contribution in [3.05, 3.63) is 51.2 Å². The van der Waals surface area contributed by atoms with Gasteiger partial charge in [-0.2, -0.15) is 0 Å². The number of carbonyl (C=O) groups excluding carboxylic acids is 2. The minimum Gasteiger partial charge on any atom is -0.321 e. The van der Waals surface area contributed by atoms with Crippen LogP contribution in [0.3, 0.4) is 0 Å². The van der Waals surface area contributed by atoms with Crippen molar-refractivity contribution in [2.24, 2.45) is 0 Å². The number of benzene rings is 1. The van der Waals surface area contributed by atoms with Gasteiger partial charge in [-0.15, -0.1) is 11.3 Å². The molecule has 102 valence electrons. The van der Waals surface area contributed by atoms with Crippen LogP contribution in [0.2, 0.25) is 0 Å². The van der Waals surface area contributed by atoms with Crippen molar-refractivity contribution in [3.8, 4) is 0 Å². The monoisotopic (exact) mass is 285 g/mol. The zero-order valence-corrected chi connectivity index (χ0v) is 11.8. The van der Waals surface area contributed by atoms with Gasteiger partial charge in [0, 0.05) is 16.1 Å². The van der Waals surface area contributed by atoms with Crippen molar-refractivity contribution < 1.29 is 9.59 Å². The summed E-state index contributed by atoms with van der Waals surface area (Å²) in [7, 11) is 0. The Labute approximate surface area is 121 Å². The second-order valence-electron chi connectivity index (χ2n) is 4.96.